The summed E-state index contributed by atoms with van der Waals surface area (Å²) in [6.07, 6.45) is 1.94. The van der Waals surface area contributed by atoms with E-state index in [4.69, 9.17) is 9.97 Å². The molecule has 0 unspecified atom stereocenters. The van der Waals surface area contributed by atoms with E-state index < -0.39 is 0 Å². The summed E-state index contributed by atoms with van der Waals surface area (Å²) in [6.45, 7) is 4.69. The second kappa shape index (κ2) is 7.51. The van der Waals surface area contributed by atoms with E-state index in [2.05, 4.69) is 51.9 Å². The Hall–Kier alpha value is -2.31. The number of benzene rings is 1. The first-order valence-electron chi connectivity index (χ1n) is 8.99. The van der Waals surface area contributed by atoms with Gasteiger partial charge in [0.05, 0.1) is 17.9 Å². The molecular weight excluding hydrogens is 342 g/mol. The van der Waals surface area contributed by atoms with Crippen LogP contribution in [0.1, 0.15) is 22.8 Å². The highest BCUT2D eigenvalue weighted by Crippen LogP contribution is 2.26. The molecule has 26 heavy (non-hydrogen) atoms. The molecule has 1 aliphatic heterocycles. The average Bonchev–Trinajstić information content (AvgIpc) is 2.99. The van der Waals surface area contributed by atoms with Gasteiger partial charge in [-0.25, -0.2) is 15.0 Å². The summed E-state index contributed by atoms with van der Waals surface area (Å²) < 4.78 is 0. The molecule has 1 aromatic carbocycles. The van der Waals surface area contributed by atoms with E-state index in [9.17, 15) is 0 Å². The Labute approximate surface area is 158 Å². The van der Waals surface area contributed by atoms with Gasteiger partial charge in [0, 0.05) is 36.5 Å². The summed E-state index contributed by atoms with van der Waals surface area (Å²) in [5.41, 5.74) is 4.71. The van der Waals surface area contributed by atoms with E-state index in [1.54, 1.807) is 11.3 Å². The van der Waals surface area contributed by atoms with Gasteiger partial charge >= 0.3 is 0 Å². The highest BCUT2D eigenvalue weighted by atomic mass is 32.1. The van der Waals surface area contributed by atoms with Crippen LogP contribution in [0, 0.1) is 6.92 Å². The Morgan fingerprint density at radius 2 is 1.88 bits per heavy atom. The van der Waals surface area contributed by atoms with Crippen LogP contribution in [-0.4, -0.2) is 35.1 Å². The van der Waals surface area contributed by atoms with Crippen molar-refractivity contribution in [1.82, 2.24) is 20.3 Å². The lowest BCUT2D eigenvalue weighted by molar-refractivity contribution is 0.708. The van der Waals surface area contributed by atoms with E-state index in [1.807, 2.05) is 13.0 Å². The molecule has 134 valence electrons. The highest BCUT2D eigenvalue weighted by molar-refractivity contribution is 7.13. The van der Waals surface area contributed by atoms with E-state index in [-0.39, 0.29) is 0 Å². The van der Waals surface area contributed by atoms with E-state index in [0.717, 1.165) is 54.8 Å². The van der Waals surface area contributed by atoms with Crippen molar-refractivity contribution in [2.45, 2.75) is 26.3 Å². The first kappa shape index (κ1) is 17.1. The molecule has 3 aromatic rings. The lowest BCUT2D eigenvalue weighted by Crippen LogP contribution is -2.22. The van der Waals surface area contributed by atoms with Crippen LogP contribution in [0.3, 0.4) is 0 Å². The molecule has 0 aliphatic carbocycles. The molecule has 6 heteroatoms. The number of aryl methyl sites for hydroxylation is 1. The molecule has 5 nitrogen and oxygen atoms in total. The molecular formula is C20H23N5S. The normalized spacial score (nSPS) is 13.9. The zero-order valence-electron chi connectivity index (χ0n) is 15.2. The van der Waals surface area contributed by atoms with Crippen molar-refractivity contribution in [3.63, 3.8) is 0 Å². The summed E-state index contributed by atoms with van der Waals surface area (Å²) in [5.74, 6) is 1.89. The number of rotatable bonds is 4. The van der Waals surface area contributed by atoms with Crippen molar-refractivity contribution in [2.24, 2.45) is 0 Å². The first-order valence-corrected chi connectivity index (χ1v) is 9.87. The van der Waals surface area contributed by atoms with Crippen molar-refractivity contribution in [1.29, 1.82) is 0 Å². The second-order valence-corrected chi connectivity index (χ2v) is 7.49. The zero-order chi connectivity index (χ0) is 17.9. The quantitative estimate of drug-likeness (QED) is 0.769. The molecule has 0 bridgehead atoms. The van der Waals surface area contributed by atoms with Crippen molar-refractivity contribution in [3.05, 3.63) is 58.5 Å². The molecule has 3 heterocycles. The largest absolute Gasteiger partial charge is 0.353 e. The molecule has 1 aliphatic rings. The van der Waals surface area contributed by atoms with Gasteiger partial charge in [0.25, 0.3) is 0 Å². The topological polar surface area (TPSA) is 53.9 Å². The minimum Gasteiger partial charge on any atom is -0.353 e. The van der Waals surface area contributed by atoms with Gasteiger partial charge in [0.1, 0.15) is 16.6 Å². The summed E-state index contributed by atoms with van der Waals surface area (Å²) in [4.78, 5) is 16.5. The van der Waals surface area contributed by atoms with Crippen LogP contribution in [0.5, 0.6) is 0 Å². The van der Waals surface area contributed by atoms with Gasteiger partial charge in [-0.15, -0.1) is 11.3 Å². The maximum atomic E-state index is 4.82. The van der Waals surface area contributed by atoms with Gasteiger partial charge in [-0.1, -0.05) is 30.3 Å². The van der Waals surface area contributed by atoms with E-state index >= 15 is 0 Å². The van der Waals surface area contributed by atoms with Crippen LogP contribution in [0.2, 0.25) is 0 Å². The Bertz CT molecular complexity index is 890. The predicted molar refractivity (Wildman–Crippen MR) is 107 cm³/mol. The molecule has 0 atom stereocenters. The Kier molecular flexibility index (Phi) is 4.95. The number of thiazole rings is 1. The summed E-state index contributed by atoms with van der Waals surface area (Å²) >= 11 is 1.69. The van der Waals surface area contributed by atoms with Crippen LogP contribution in [0.4, 0.5) is 5.82 Å². The van der Waals surface area contributed by atoms with Gasteiger partial charge in [-0.2, -0.15) is 0 Å². The summed E-state index contributed by atoms with van der Waals surface area (Å²) in [5, 5.41) is 6.67. The molecule has 1 N–H and O–H groups in total. The highest BCUT2D eigenvalue weighted by Gasteiger charge is 2.19. The molecule has 0 amide bonds. The van der Waals surface area contributed by atoms with Crippen molar-refractivity contribution in [3.8, 4) is 10.6 Å². The molecule has 0 radical (unpaired) electrons. The second-order valence-electron chi connectivity index (χ2n) is 6.64. The fraction of sp³-hybridized carbons (Fsp3) is 0.350. The van der Waals surface area contributed by atoms with Gasteiger partial charge < -0.3 is 10.2 Å². The summed E-state index contributed by atoms with van der Waals surface area (Å²) in [7, 11) is 2.10. The minimum atomic E-state index is 0.750. The monoisotopic (exact) mass is 365 g/mol. The number of fused-ring (bicyclic) bond motifs is 1. The molecule has 0 saturated carbocycles. The van der Waals surface area contributed by atoms with Crippen LogP contribution in [-0.2, 0) is 19.4 Å². The first-order chi connectivity index (χ1) is 12.7. The Morgan fingerprint density at radius 3 is 2.73 bits per heavy atom. The number of anilines is 1. The van der Waals surface area contributed by atoms with Gasteiger partial charge in [-0.3, -0.25) is 0 Å². The van der Waals surface area contributed by atoms with Gasteiger partial charge in [-0.05, 0) is 19.9 Å². The lowest BCUT2D eigenvalue weighted by Gasteiger charge is -2.22. The maximum absolute atomic E-state index is 4.82. The SMILES string of the molecule is Cc1nc2c(c(N(C)Cc3csc(-c4ccccc4)n3)n1)CCNCC2. The number of nitrogens with one attached hydrogen (secondary N) is 1. The third-order valence-corrected chi connectivity index (χ3v) is 5.55. The fourth-order valence-corrected chi connectivity index (χ4v) is 4.19. The maximum Gasteiger partial charge on any atom is 0.135 e. The predicted octanol–water partition coefficient (Wildman–Crippen LogP) is 3.23. The summed E-state index contributed by atoms with van der Waals surface area (Å²) in [6, 6.07) is 10.3. The Morgan fingerprint density at radius 1 is 1.08 bits per heavy atom. The number of hydrogen-bond donors (Lipinski definition) is 1. The number of aromatic nitrogens is 3. The van der Waals surface area contributed by atoms with Crippen molar-refractivity contribution in [2.75, 3.05) is 25.0 Å². The fourth-order valence-electron chi connectivity index (χ4n) is 3.37. The Balaban J connectivity index is 1.58. The van der Waals surface area contributed by atoms with E-state index in [0.29, 0.717) is 0 Å². The van der Waals surface area contributed by atoms with Crippen LogP contribution in [0.15, 0.2) is 35.7 Å². The molecule has 0 fully saturated rings. The lowest BCUT2D eigenvalue weighted by atomic mass is 10.1. The smallest absolute Gasteiger partial charge is 0.135 e. The molecule has 2 aromatic heterocycles. The zero-order valence-corrected chi connectivity index (χ0v) is 16.0. The number of nitrogens with zero attached hydrogens (tertiary/aromatic N) is 4. The van der Waals surface area contributed by atoms with E-state index in [1.165, 1.54) is 16.8 Å². The third kappa shape index (κ3) is 3.61. The molecule has 4 rings (SSSR count). The number of hydrogen-bond acceptors (Lipinski definition) is 6. The van der Waals surface area contributed by atoms with Gasteiger partial charge in [0.2, 0.25) is 0 Å². The van der Waals surface area contributed by atoms with Crippen LogP contribution < -0.4 is 10.2 Å². The average molecular weight is 366 g/mol. The van der Waals surface area contributed by atoms with Crippen LogP contribution >= 0.6 is 11.3 Å². The van der Waals surface area contributed by atoms with Crippen LogP contribution in [0.25, 0.3) is 10.6 Å². The standard InChI is InChI=1S/C20H23N5S/c1-14-22-18-9-11-21-10-8-17(18)19(23-14)25(2)12-16-13-26-20(24-16)15-6-4-3-5-7-15/h3-7,13,21H,8-12H2,1-2H3. The minimum absolute atomic E-state index is 0.750. The molecule has 0 spiro atoms. The van der Waals surface area contributed by atoms with Crippen molar-refractivity contribution < 1.29 is 0 Å². The molecule has 0 saturated heterocycles. The van der Waals surface area contributed by atoms with Gasteiger partial charge in [0.15, 0.2) is 0 Å². The third-order valence-electron chi connectivity index (χ3n) is 4.61. The van der Waals surface area contributed by atoms with Crippen molar-refractivity contribution >= 4 is 17.2 Å².